The lowest BCUT2D eigenvalue weighted by Crippen LogP contribution is -2.15. The largest absolute Gasteiger partial charge is 0.455 e. The second kappa shape index (κ2) is 14.6. The van der Waals surface area contributed by atoms with Gasteiger partial charge in [0.05, 0.1) is 11.4 Å². The maximum atomic E-state index is 6.77. The average Bonchev–Trinajstić information content (AvgIpc) is 3.85. The van der Waals surface area contributed by atoms with Crippen LogP contribution in [-0.4, -0.2) is 0 Å². The lowest BCUT2D eigenvalue weighted by Gasteiger charge is -2.31. The van der Waals surface area contributed by atoms with Gasteiger partial charge < -0.3 is 9.32 Å². The predicted octanol–water partition coefficient (Wildman–Crippen LogP) is 17.2. The van der Waals surface area contributed by atoms with Gasteiger partial charge in [-0.2, -0.15) is 0 Å². The van der Waals surface area contributed by atoms with E-state index in [0.717, 1.165) is 55.5 Å². The van der Waals surface area contributed by atoms with Crippen LogP contribution in [0.2, 0.25) is 0 Å². The van der Waals surface area contributed by atoms with E-state index in [2.05, 4.69) is 243 Å². The van der Waals surface area contributed by atoms with E-state index in [0.29, 0.717) is 0 Å². The van der Waals surface area contributed by atoms with Gasteiger partial charge in [0, 0.05) is 38.4 Å². The molecule has 298 valence electrons. The molecule has 0 unspecified atom stereocenters. The number of fused-ring (bicyclic) bond motifs is 8. The topological polar surface area (TPSA) is 16.4 Å². The molecule has 0 saturated carbocycles. The maximum Gasteiger partial charge on any atom is 0.143 e. The summed E-state index contributed by atoms with van der Waals surface area (Å²) in [6.45, 7) is 4.72. The third kappa shape index (κ3) is 5.86. The van der Waals surface area contributed by atoms with Crippen LogP contribution in [-0.2, 0) is 5.41 Å². The van der Waals surface area contributed by atoms with Crippen LogP contribution in [0.1, 0.15) is 25.0 Å². The van der Waals surface area contributed by atoms with Crippen LogP contribution in [0.3, 0.4) is 0 Å². The van der Waals surface area contributed by atoms with Gasteiger partial charge in [-0.05, 0) is 97.4 Å². The molecule has 0 N–H and O–H groups in total. The molecule has 1 aliphatic rings. The highest BCUT2D eigenvalue weighted by molar-refractivity contribution is 6.20. The molecule has 1 aromatic heterocycles. The van der Waals surface area contributed by atoms with Gasteiger partial charge in [0.25, 0.3) is 0 Å². The molecule has 0 spiro atoms. The summed E-state index contributed by atoms with van der Waals surface area (Å²) in [6.07, 6.45) is 0. The van der Waals surface area contributed by atoms with Gasteiger partial charge in [0.2, 0.25) is 0 Å². The fourth-order valence-corrected chi connectivity index (χ4v) is 10.4. The molecule has 0 aliphatic heterocycles. The molecular weight excluding hydrogens is 763 g/mol. The third-order valence-electron chi connectivity index (χ3n) is 13.3. The summed E-state index contributed by atoms with van der Waals surface area (Å²) in [5, 5.41) is 4.51. The summed E-state index contributed by atoms with van der Waals surface area (Å²) in [6, 6.07) is 81.7. The van der Waals surface area contributed by atoms with Crippen LogP contribution in [0.15, 0.2) is 229 Å². The fraction of sp³-hybridized carbons (Fsp3) is 0.0492. The molecule has 0 atom stereocenters. The lowest BCUT2D eigenvalue weighted by atomic mass is 9.82. The van der Waals surface area contributed by atoms with Crippen LogP contribution in [0.5, 0.6) is 0 Å². The Morgan fingerprint density at radius 2 is 0.952 bits per heavy atom. The second-order valence-corrected chi connectivity index (χ2v) is 17.2. The summed E-state index contributed by atoms with van der Waals surface area (Å²) in [7, 11) is 0. The molecule has 0 fully saturated rings. The summed E-state index contributed by atoms with van der Waals surface area (Å²) in [5.74, 6) is 0. The van der Waals surface area contributed by atoms with Gasteiger partial charge >= 0.3 is 0 Å². The number of para-hydroxylation sites is 2. The molecule has 10 aromatic carbocycles. The molecule has 0 bridgehead atoms. The number of anilines is 3. The van der Waals surface area contributed by atoms with Crippen molar-refractivity contribution in [1.82, 2.24) is 0 Å². The van der Waals surface area contributed by atoms with E-state index in [9.17, 15) is 0 Å². The highest BCUT2D eigenvalue weighted by Crippen LogP contribution is 2.55. The molecule has 11 aromatic rings. The first kappa shape index (κ1) is 36.9. The first-order chi connectivity index (χ1) is 31.0. The van der Waals surface area contributed by atoms with Crippen molar-refractivity contribution in [3.05, 3.63) is 236 Å². The van der Waals surface area contributed by atoms with Gasteiger partial charge in [0.1, 0.15) is 11.2 Å². The highest BCUT2D eigenvalue weighted by Gasteiger charge is 2.37. The number of furan rings is 1. The summed E-state index contributed by atoms with van der Waals surface area (Å²) >= 11 is 0. The van der Waals surface area contributed by atoms with Gasteiger partial charge in [-0.15, -0.1) is 0 Å². The van der Waals surface area contributed by atoms with Crippen molar-refractivity contribution in [2.24, 2.45) is 0 Å². The summed E-state index contributed by atoms with van der Waals surface area (Å²) in [4.78, 5) is 2.49. The van der Waals surface area contributed by atoms with E-state index in [1.54, 1.807) is 0 Å². The van der Waals surface area contributed by atoms with Gasteiger partial charge in [-0.1, -0.05) is 202 Å². The average molecular weight is 806 g/mol. The van der Waals surface area contributed by atoms with Crippen LogP contribution >= 0.6 is 0 Å². The van der Waals surface area contributed by atoms with Gasteiger partial charge in [-0.25, -0.2) is 0 Å². The minimum absolute atomic E-state index is 0.127. The zero-order valence-corrected chi connectivity index (χ0v) is 35.2. The second-order valence-electron chi connectivity index (χ2n) is 17.2. The predicted molar refractivity (Wildman–Crippen MR) is 265 cm³/mol. The molecule has 2 heteroatoms. The van der Waals surface area contributed by atoms with E-state index in [-0.39, 0.29) is 5.41 Å². The van der Waals surface area contributed by atoms with Crippen molar-refractivity contribution in [3.8, 4) is 55.6 Å². The normalized spacial score (nSPS) is 12.7. The van der Waals surface area contributed by atoms with Crippen LogP contribution in [0.4, 0.5) is 17.1 Å². The van der Waals surface area contributed by atoms with E-state index >= 15 is 0 Å². The maximum absolute atomic E-state index is 6.77. The first-order valence-electron chi connectivity index (χ1n) is 21.8. The number of rotatable bonds is 7. The number of nitrogens with zero attached hydrogens (tertiary/aromatic N) is 1. The van der Waals surface area contributed by atoms with Crippen LogP contribution in [0, 0.1) is 0 Å². The molecule has 12 rings (SSSR count). The third-order valence-corrected chi connectivity index (χ3v) is 13.3. The Hall–Kier alpha value is -7.94. The minimum Gasteiger partial charge on any atom is -0.455 e. The van der Waals surface area contributed by atoms with Crippen molar-refractivity contribution in [1.29, 1.82) is 0 Å². The summed E-state index contributed by atoms with van der Waals surface area (Å²) in [5.41, 5.74) is 19.6. The van der Waals surface area contributed by atoms with Gasteiger partial charge in [-0.3, -0.25) is 0 Å². The van der Waals surface area contributed by atoms with Crippen molar-refractivity contribution in [2.75, 3.05) is 4.90 Å². The van der Waals surface area contributed by atoms with Crippen LogP contribution < -0.4 is 4.90 Å². The highest BCUT2D eigenvalue weighted by atomic mass is 16.3. The van der Waals surface area contributed by atoms with E-state index in [4.69, 9.17) is 4.42 Å². The van der Waals surface area contributed by atoms with E-state index in [1.807, 2.05) is 0 Å². The quantitative estimate of drug-likeness (QED) is 0.160. The SMILES string of the molecule is CC1(C)c2ccccc2-c2c(-c3ccccc3N(c3ccc(-c4ccccc4)c(-c4ccccc4)c3)c3ccccc3-c3cccc4oc5c6ccccc6ccc5c34)cccc21. The molecule has 1 heterocycles. The van der Waals surface area contributed by atoms with Crippen molar-refractivity contribution >= 4 is 49.8 Å². The Morgan fingerprint density at radius 1 is 0.381 bits per heavy atom. The Balaban J connectivity index is 1.15. The van der Waals surface area contributed by atoms with E-state index < -0.39 is 0 Å². The standard InChI is InChI=1S/C61H43NO/c1-61(2)53-30-14-11-27-50(53)58-48(28-17-31-54(58)61)46-25-12-15-32-55(46)62(43-36-38-44(40-19-5-3-6-20-40)52(39-43)41-21-7-4-8-22-41)56-33-16-13-26-47(56)49-29-18-34-57-59(49)51-37-35-42-23-9-10-24-45(42)60(51)63-57/h3-39H,1-2H3. The Kier molecular flexibility index (Phi) is 8.55. The molecule has 0 saturated heterocycles. The molecular formula is C61H43NO. The fourth-order valence-electron chi connectivity index (χ4n) is 10.4. The van der Waals surface area contributed by atoms with Gasteiger partial charge in [0.15, 0.2) is 0 Å². The van der Waals surface area contributed by atoms with Crippen molar-refractivity contribution < 1.29 is 4.42 Å². The van der Waals surface area contributed by atoms with Crippen molar-refractivity contribution in [2.45, 2.75) is 19.3 Å². The number of hydrogen-bond donors (Lipinski definition) is 0. The number of hydrogen-bond acceptors (Lipinski definition) is 2. The first-order valence-corrected chi connectivity index (χ1v) is 21.8. The zero-order chi connectivity index (χ0) is 42.1. The number of benzene rings is 10. The lowest BCUT2D eigenvalue weighted by molar-refractivity contribution is 0.660. The smallest absolute Gasteiger partial charge is 0.143 e. The van der Waals surface area contributed by atoms with E-state index in [1.165, 1.54) is 61.0 Å². The summed E-state index contributed by atoms with van der Waals surface area (Å²) < 4.78 is 6.77. The Bertz CT molecular complexity index is 3540. The molecule has 2 nitrogen and oxygen atoms in total. The van der Waals surface area contributed by atoms with Crippen molar-refractivity contribution in [3.63, 3.8) is 0 Å². The minimum atomic E-state index is -0.127. The van der Waals surface area contributed by atoms with Crippen LogP contribution in [0.25, 0.3) is 88.3 Å². The Morgan fingerprint density at radius 3 is 1.71 bits per heavy atom. The molecule has 0 amide bonds. The monoisotopic (exact) mass is 805 g/mol. The zero-order valence-electron chi connectivity index (χ0n) is 35.2. The molecule has 0 radical (unpaired) electrons. The Labute approximate surface area is 368 Å². The molecule has 63 heavy (non-hydrogen) atoms. The molecule has 1 aliphatic carbocycles.